The molecule has 1 fully saturated rings. The third kappa shape index (κ3) is 2.47. The van der Waals surface area contributed by atoms with Crippen LogP contribution in [0.4, 0.5) is 0 Å². The van der Waals surface area contributed by atoms with E-state index in [4.69, 9.17) is 0 Å². The maximum atomic E-state index is 11.6. The molecule has 8 heteroatoms. The van der Waals surface area contributed by atoms with Crippen molar-refractivity contribution in [2.75, 3.05) is 11.5 Å². The zero-order valence-corrected chi connectivity index (χ0v) is 13.1. The average molecular weight is 328 g/mol. The van der Waals surface area contributed by atoms with Crippen LogP contribution in [0.25, 0.3) is 0 Å². The molecule has 1 amide bonds. The predicted octanol–water partition coefficient (Wildman–Crippen LogP) is 2.19. The third-order valence-electron chi connectivity index (χ3n) is 3.10. The molecule has 0 radical (unpaired) electrons. The number of β-lactam (4-membered cyclic amide) rings is 1. The molecular formula is C12H12N2O3S3. The highest BCUT2D eigenvalue weighted by Crippen LogP contribution is 2.41. The van der Waals surface area contributed by atoms with Gasteiger partial charge in [-0.25, -0.2) is 9.78 Å². The lowest BCUT2D eigenvalue weighted by Gasteiger charge is -2.43. The molecule has 3 heterocycles. The number of carboxylic acids is 1. The van der Waals surface area contributed by atoms with Crippen molar-refractivity contribution in [3.8, 4) is 0 Å². The number of thiazole rings is 1. The molecule has 0 bridgehead atoms. The highest BCUT2D eigenvalue weighted by Gasteiger charge is 2.45. The number of rotatable bonds is 4. The maximum Gasteiger partial charge on any atom is 0.352 e. The van der Waals surface area contributed by atoms with Crippen LogP contribution in [-0.4, -0.2) is 43.7 Å². The highest BCUT2D eigenvalue weighted by molar-refractivity contribution is 8.01. The molecule has 3 rings (SSSR count). The Morgan fingerprint density at radius 1 is 1.65 bits per heavy atom. The Morgan fingerprint density at radius 2 is 2.45 bits per heavy atom. The maximum absolute atomic E-state index is 11.6. The van der Waals surface area contributed by atoms with E-state index in [2.05, 4.69) is 4.98 Å². The first-order chi connectivity index (χ1) is 9.56. The summed E-state index contributed by atoms with van der Waals surface area (Å²) >= 11 is 4.73. The Kier molecular flexibility index (Phi) is 3.78. The molecule has 20 heavy (non-hydrogen) atoms. The summed E-state index contributed by atoms with van der Waals surface area (Å²) in [7, 11) is 0. The van der Waals surface area contributed by atoms with E-state index in [-0.39, 0.29) is 17.0 Å². The van der Waals surface area contributed by atoms with Crippen LogP contribution in [0, 0.1) is 6.92 Å². The first kappa shape index (κ1) is 14.0. The van der Waals surface area contributed by atoms with Crippen molar-refractivity contribution in [3.63, 3.8) is 0 Å². The number of carbonyl (C=O) groups is 2. The molecular weight excluding hydrogens is 316 g/mol. The molecule has 1 atom stereocenters. The predicted molar refractivity (Wildman–Crippen MR) is 79.9 cm³/mol. The molecule has 2 aliphatic rings. The van der Waals surface area contributed by atoms with Crippen LogP contribution in [0.5, 0.6) is 0 Å². The number of amides is 1. The number of thioether (sulfide) groups is 2. The molecule has 5 nitrogen and oxygen atoms in total. The van der Waals surface area contributed by atoms with Gasteiger partial charge in [-0.05, 0) is 12.5 Å². The van der Waals surface area contributed by atoms with Crippen LogP contribution in [0.3, 0.4) is 0 Å². The second-order valence-corrected chi connectivity index (χ2v) is 7.78. The van der Waals surface area contributed by atoms with E-state index in [0.717, 1.165) is 15.6 Å². The van der Waals surface area contributed by atoms with Gasteiger partial charge in [0.05, 0.1) is 11.8 Å². The number of aliphatic carboxylic acids is 1. The summed E-state index contributed by atoms with van der Waals surface area (Å²) < 4.78 is 0.932. The van der Waals surface area contributed by atoms with E-state index in [1.54, 1.807) is 23.1 Å². The van der Waals surface area contributed by atoms with E-state index in [1.165, 1.54) is 16.7 Å². The zero-order valence-electron chi connectivity index (χ0n) is 10.7. The number of hydrogen-bond acceptors (Lipinski definition) is 6. The molecule has 106 valence electrons. The largest absolute Gasteiger partial charge is 0.477 e. The minimum Gasteiger partial charge on any atom is -0.477 e. The Morgan fingerprint density at radius 3 is 3.05 bits per heavy atom. The Labute approximate surface area is 128 Å². The van der Waals surface area contributed by atoms with Crippen molar-refractivity contribution in [1.82, 2.24) is 9.88 Å². The summed E-state index contributed by atoms with van der Waals surface area (Å²) in [5.41, 5.74) is 1.97. The SMILES string of the molecule is Cc1csc(SCC2=C(C(=O)O)N3C(=O)C[C@@H]3SC2)n1. The van der Waals surface area contributed by atoms with E-state index in [0.29, 0.717) is 17.9 Å². The quantitative estimate of drug-likeness (QED) is 0.675. The molecule has 2 aliphatic heterocycles. The summed E-state index contributed by atoms with van der Waals surface area (Å²) in [6, 6.07) is 0. The van der Waals surface area contributed by atoms with E-state index >= 15 is 0 Å². The van der Waals surface area contributed by atoms with Crippen LogP contribution in [-0.2, 0) is 9.59 Å². The van der Waals surface area contributed by atoms with Gasteiger partial charge in [-0.2, -0.15) is 0 Å². The molecule has 1 aromatic heterocycles. The standard InChI is InChI=1S/C12H12N2O3S3/c1-6-3-19-12(13-6)20-5-7-4-18-9-2-8(15)14(9)10(7)11(16)17/h3,9H,2,4-5H2,1H3,(H,16,17)/t9-/m0/s1. The molecule has 0 aliphatic carbocycles. The van der Waals surface area contributed by atoms with Gasteiger partial charge in [0.2, 0.25) is 5.91 Å². The Hall–Kier alpha value is -0.990. The normalized spacial score (nSPS) is 21.8. The van der Waals surface area contributed by atoms with Crippen molar-refractivity contribution in [1.29, 1.82) is 0 Å². The number of aryl methyl sites for hydroxylation is 1. The van der Waals surface area contributed by atoms with E-state index in [1.807, 2.05) is 12.3 Å². The van der Waals surface area contributed by atoms with Crippen LogP contribution < -0.4 is 0 Å². The second-order valence-electron chi connectivity index (χ2n) is 4.53. The van der Waals surface area contributed by atoms with Gasteiger partial charge in [-0.1, -0.05) is 11.8 Å². The fourth-order valence-electron chi connectivity index (χ4n) is 2.14. The average Bonchev–Trinajstić information content (AvgIpc) is 2.80. The molecule has 0 spiro atoms. The lowest BCUT2D eigenvalue weighted by molar-refractivity contribution is -0.146. The van der Waals surface area contributed by atoms with Gasteiger partial charge in [0.25, 0.3) is 0 Å². The van der Waals surface area contributed by atoms with E-state index < -0.39 is 5.97 Å². The summed E-state index contributed by atoms with van der Waals surface area (Å²) in [6.07, 6.45) is 0.452. The van der Waals surface area contributed by atoms with Crippen molar-refractivity contribution in [3.05, 3.63) is 22.3 Å². The van der Waals surface area contributed by atoms with Crippen molar-refractivity contribution < 1.29 is 14.7 Å². The van der Waals surface area contributed by atoms with E-state index in [9.17, 15) is 14.7 Å². The van der Waals surface area contributed by atoms with Gasteiger partial charge in [0, 0.05) is 22.6 Å². The van der Waals surface area contributed by atoms with Gasteiger partial charge in [0.15, 0.2) is 0 Å². The first-order valence-corrected chi connectivity index (χ1v) is 8.91. The lowest BCUT2D eigenvalue weighted by atomic mass is 10.1. The number of hydrogen-bond donors (Lipinski definition) is 1. The monoisotopic (exact) mass is 328 g/mol. The summed E-state index contributed by atoms with van der Waals surface area (Å²) in [6.45, 7) is 1.93. The fourth-order valence-corrected chi connectivity index (χ4v) is 5.39. The zero-order chi connectivity index (χ0) is 14.3. The molecule has 1 N–H and O–H groups in total. The topological polar surface area (TPSA) is 70.5 Å². The Balaban J connectivity index is 1.79. The number of aromatic nitrogens is 1. The number of carbonyl (C=O) groups excluding carboxylic acids is 1. The van der Waals surface area contributed by atoms with Crippen LogP contribution in [0.1, 0.15) is 12.1 Å². The number of carboxylic acid groups (broad SMARTS) is 1. The summed E-state index contributed by atoms with van der Waals surface area (Å²) in [5, 5.41) is 11.4. The fraction of sp³-hybridized carbons (Fsp3) is 0.417. The van der Waals surface area contributed by atoms with Crippen LogP contribution >= 0.6 is 34.9 Å². The Bertz CT molecular complexity index is 611. The number of nitrogens with zero attached hydrogens (tertiary/aromatic N) is 2. The first-order valence-electron chi connectivity index (χ1n) is 6.00. The molecule has 1 aromatic rings. The minimum atomic E-state index is -1.01. The molecule has 0 saturated carbocycles. The van der Waals surface area contributed by atoms with Gasteiger partial charge >= 0.3 is 5.97 Å². The van der Waals surface area contributed by atoms with Gasteiger partial charge in [-0.15, -0.1) is 23.1 Å². The number of fused-ring (bicyclic) bond motifs is 1. The minimum absolute atomic E-state index is 0.0180. The molecule has 0 unspecified atom stereocenters. The second kappa shape index (κ2) is 5.42. The van der Waals surface area contributed by atoms with Gasteiger partial charge < -0.3 is 5.11 Å². The van der Waals surface area contributed by atoms with Gasteiger partial charge in [0.1, 0.15) is 10.0 Å². The van der Waals surface area contributed by atoms with Crippen molar-refractivity contribution in [2.24, 2.45) is 0 Å². The van der Waals surface area contributed by atoms with Crippen molar-refractivity contribution in [2.45, 2.75) is 23.1 Å². The summed E-state index contributed by atoms with van der Waals surface area (Å²) in [5.74, 6) is 0.146. The van der Waals surface area contributed by atoms with Crippen LogP contribution in [0.2, 0.25) is 0 Å². The molecule has 1 saturated heterocycles. The van der Waals surface area contributed by atoms with Crippen molar-refractivity contribution >= 4 is 46.7 Å². The molecule has 0 aromatic carbocycles. The third-order valence-corrected chi connectivity index (χ3v) is 6.60. The van der Waals surface area contributed by atoms with Crippen LogP contribution in [0.15, 0.2) is 21.0 Å². The summed E-state index contributed by atoms with van der Waals surface area (Å²) in [4.78, 5) is 28.8. The highest BCUT2D eigenvalue weighted by atomic mass is 32.2. The van der Waals surface area contributed by atoms with Gasteiger partial charge in [-0.3, -0.25) is 9.69 Å². The lowest BCUT2D eigenvalue weighted by Crippen LogP contribution is -2.54. The smallest absolute Gasteiger partial charge is 0.352 e.